The van der Waals surface area contributed by atoms with Crippen LogP contribution in [0.25, 0.3) is 42.2 Å². The minimum Gasteiger partial charge on any atom is -0.510 e. The summed E-state index contributed by atoms with van der Waals surface area (Å²) in [5.41, 5.74) is 8.64. The number of pyridine rings is 1. The molecule has 0 spiro atoms. The number of para-hydroxylation sites is 2. The van der Waals surface area contributed by atoms with Gasteiger partial charge < -0.3 is 14.9 Å². The van der Waals surface area contributed by atoms with Crippen molar-refractivity contribution in [3.05, 3.63) is 120 Å². The number of thiophene rings is 1. The Morgan fingerprint density at radius 1 is 0.843 bits per heavy atom. The van der Waals surface area contributed by atoms with E-state index >= 15 is 0 Å². The van der Waals surface area contributed by atoms with Gasteiger partial charge in [0.1, 0.15) is 5.76 Å². The quantitative estimate of drug-likeness (QED) is 0.142. The molecule has 4 aromatic carbocycles. The number of aliphatic hydroxyl groups excluding tert-OH is 1. The molecule has 1 N–H and O–H groups in total. The number of nitrogens with zero attached hydrogens (tertiary/aromatic N) is 3. The fourth-order valence-corrected chi connectivity index (χ4v) is 7.92. The predicted molar refractivity (Wildman–Crippen MR) is 217 cm³/mol. The summed E-state index contributed by atoms with van der Waals surface area (Å²) in [4.78, 5) is 8.89. The van der Waals surface area contributed by atoms with Gasteiger partial charge in [-0.15, -0.1) is 40.5 Å². The van der Waals surface area contributed by atoms with Crippen molar-refractivity contribution in [3.63, 3.8) is 0 Å². The summed E-state index contributed by atoms with van der Waals surface area (Å²) in [6.07, 6.45) is 4.83. The third-order valence-corrected chi connectivity index (χ3v) is 10.7. The van der Waals surface area contributed by atoms with Crippen LogP contribution >= 0.6 is 11.3 Å². The number of allylic oxidation sites excluding steroid dienone is 1. The summed E-state index contributed by atoms with van der Waals surface area (Å²) in [5.74, 6) is 0.374. The standard InChI is InChI=1S/C31H32NS.C14H19N2O.Ir/c1-19-21(18-30(2,3)4)12-13-24-25-14-15-32-27(29(25)33-28(19)24)22-16-20-10-8-9-11-23(20)26(17-22)31(5,6)7;1-14(2,3)13(17)9-16-10-15(4)11-7-5-6-8-12(11)16;/h8-15,17H,18H2,1-7H3;5-10,17H,1-4H3;/q2*-1;/b;13-9-;. The Hall–Kier alpha value is -3.70. The van der Waals surface area contributed by atoms with E-state index in [9.17, 15) is 5.11 Å². The number of anilines is 2. The zero-order valence-corrected chi connectivity index (χ0v) is 35.1. The second-order valence-corrected chi connectivity index (χ2v) is 17.9. The molecule has 0 amide bonds. The molecule has 3 heterocycles. The van der Waals surface area contributed by atoms with E-state index in [-0.39, 0.29) is 36.4 Å². The first-order valence-electron chi connectivity index (χ1n) is 17.5. The zero-order chi connectivity index (χ0) is 36.2. The summed E-state index contributed by atoms with van der Waals surface area (Å²) in [6, 6.07) is 29.5. The SMILES string of the molecule is CN1[CH-]N(/C=C(\O)C(C)(C)C)c2ccccc21.Cc1c(CC(C)(C)C)ccc2c1sc1c(-c3[c-]c4ccccc4c(C(C)(C)C)c3)nccc12.[Ir]. The molecule has 0 aliphatic carbocycles. The molecule has 0 fully saturated rings. The number of aliphatic hydroxyl groups is 1. The number of aromatic nitrogens is 1. The van der Waals surface area contributed by atoms with Crippen molar-refractivity contribution in [1.82, 2.24) is 4.98 Å². The van der Waals surface area contributed by atoms with Gasteiger partial charge in [0.05, 0.1) is 0 Å². The summed E-state index contributed by atoms with van der Waals surface area (Å²) in [7, 11) is 2.00. The molecular weight excluding hydrogens is 823 g/mol. The van der Waals surface area contributed by atoms with Gasteiger partial charge in [0.25, 0.3) is 0 Å². The number of hydrogen-bond acceptors (Lipinski definition) is 5. The molecule has 1 radical (unpaired) electrons. The molecule has 0 saturated heterocycles. The van der Waals surface area contributed by atoms with Crippen molar-refractivity contribution >= 4 is 53.7 Å². The van der Waals surface area contributed by atoms with Gasteiger partial charge in [-0.25, -0.2) is 0 Å². The van der Waals surface area contributed by atoms with Gasteiger partial charge in [-0.2, -0.15) is 6.67 Å². The normalized spacial score (nSPS) is 13.7. The van der Waals surface area contributed by atoms with Crippen LogP contribution in [0, 0.1) is 30.5 Å². The molecular formula is C45H51IrN3OS-2. The molecule has 7 rings (SSSR count). The molecule has 0 saturated carbocycles. The van der Waals surface area contributed by atoms with Crippen LogP contribution in [0.1, 0.15) is 79.0 Å². The minimum atomic E-state index is -0.232. The molecule has 4 nitrogen and oxygen atoms in total. The smallest absolute Gasteiger partial charge is 0.111 e. The number of aryl methyl sites for hydroxylation is 1. The average Bonchev–Trinajstić information content (AvgIpc) is 3.58. The van der Waals surface area contributed by atoms with Crippen molar-refractivity contribution in [3.8, 4) is 11.3 Å². The Kier molecular flexibility index (Phi) is 10.9. The van der Waals surface area contributed by atoms with E-state index in [1.165, 1.54) is 42.2 Å². The van der Waals surface area contributed by atoms with Crippen LogP contribution < -0.4 is 9.80 Å². The van der Waals surface area contributed by atoms with Crippen molar-refractivity contribution < 1.29 is 25.2 Å². The summed E-state index contributed by atoms with van der Waals surface area (Å²) >= 11 is 1.89. The van der Waals surface area contributed by atoms with E-state index in [0.29, 0.717) is 5.76 Å². The van der Waals surface area contributed by atoms with E-state index in [0.717, 1.165) is 34.4 Å². The number of rotatable bonds is 3. The van der Waals surface area contributed by atoms with E-state index < -0.39 is 0 Å². The largest absolute Gasteiger partial charge is 0.510 e. The third kappa shape index (κ3) is 8.04. The summed E-state index contributed by atoms with van der Waals surface area (Å²) in [6.45, 7) is 24.0. The van der Waals surface area contributed by atoms with Crippen LogP contribution in [-0.2, 0) is 31.9 Å². The van der Waals surface area contributed by atoms with Crippen LogP contribution in [0.4, 0.5) is 11.4 Å². The van der Waals surface area contributed by atoms with Crippen LogP contribution in [0.5, 0.6) is 0 Å². The molecule has 0 bridgehead atoms. The Bertz CT molecular complexity index is 2230. The minimum absolute atomic E-state index is 0. The first kappa shape index (κ1) is 38.5. The van der Waals surface area contributed by atoms with Crippen LogP contribution in [0.2, 0.25) is 0 Å². The first-order valence-corrected chi connectivity index (χ1v) is 18.4. The van der Waals surface area contributed by atoms with Gasteiger partial charge in [-0.1, -0.05) is 116 Å². The molecule has 2 aromatic heterocycles. The van der Waals surface area contributed by atoms with Gasteiger partial charge in [-0.3, -0.25) is 4.98 Å². The molecule has 0 unspecified atom stereocenters. The third-order valence-electron chi connectivity index (χ3n) is 9.34. The molecule has 6 heteroatoms. The monoisotopic (exact) mass is 874 g/mol. The maximum absolute atomic E-state index is 10.0. The molecule has 1 aliphatic rings. The predicted octanol–water partition coefficient (Wildman–Crippen LogP) is 12.8. The van der Waals surface area contributed by atoms with E-state index in [1.54, 1.807) is 6.20 Å². The molecule has 269 valence electrons. The second-order valence-electron chi connectivity index (χ2n) is 16.9. The average molecular weight is 874 g/mol. The zero-order valence-electron chi connectivity index (χ0n) is 31.9. The van der Waals surface area contributed by atoms with Gasteiger partial charge >= 0.3 is 0 Å². The number of benzene rings is 4. The van der Waals surface area contributed by atoms with Crippen LogP contribution in [0.3, 0.4) is 0 Å². The number of hydrogen-bond donors (Lipinski definition) is 1. The molecule has 0 atom stereocenters. The Labute approximate surface area is 322 Å². The van der Waals surface area contributed by atoms with Gasteiger partial charge in [-0.05, 0) is 65.9 Å². The first-order chi connectivity index (χ1) is 23.4. The Morgan fingerprint density at radius 2 is 1.49 bits per heavy atom. The van der Waals surface area contributed by atoms with Crippen molar-refractivity contribution in [2.45, 2.75) is 81.1 Å². The number of fused-ring (bicyclic) bond motifs is 5. The van der Waals surface area contributed by atoms with Gasteiger partial charge in [0.2, 0.25) is 0 Å². The topological polar surface area (TPSA) is 39.6 Å². The van der Waals surface area contributed by atoms with Crippen LogP contribution in [0.15, 0.2) is 91.0 Å². The van der Waals surface area contributed by atoms with Gasteiger partial charge in [0, 0.05) is 69.8 Å². The fourth-order valence-electron chi connectivity index (χ4n) is 6.59. The molecule has 1 aliphatic heterocycles. The van der Waals surface area contributed by atoms with Crippen molar-refractivity contribution in [2.75, 3.05) is 16.8 Å². The maximum atomic E-state index is 10.0. The summed E-state index contributed by atoms with van der Waals surface area (Å²) < 4.78 is 2.65. The summed E-state index contributed by atoms with van der Waals surface area (Å²) in [5, 5.41) is 15.1. The Morgan fingerprint density at radius 3 is 2.16 bits per heavy atom. The maximum Gasteiger partial charge on any atom is 0.111 e. The van der Waals surface area contributed by atoms with E-state index in [4.69, 9.17) is 4.98 Å². The van der Waals surface area contributed by atoms with Crippen LogP contribution in [-0.4, -0.2) is 17.1 Å². The molecule has 51 heavy (non-hydrogen) atoms. The van der Waals surface area contributed by atoms with Crippen molar-refractivity contribution in [2.24, 2.45) is 10.8 Å². The Balaban J connectivity index is 0.000000237. The fraction of sp³-hybridized carbons (Fsp3) is 0.333. The van der Waals surface area contributed by atoms with E-state index in [2.05, 4.69) is 109 Å². The van der Waals surface area contributed by atoms with Crippen molar-refractivity contribution in [1.29, 1.82) is 0 Å². The molecule has 6 aromatic rings. The van der Waals surface area contributed by atoms with Gasteiger partial charge in [0.15, 0.2) is 0 Å². The van der Waals surface area contributed by atoms with E-state index in [1.807, 2.05) is 80.0 Å². The second kappa shape index (κ2) is 14.4.